The molecule has 3 rings (SSSR count). The quantitative estimate of drug-likeness (QED) is 0.945. The van der Waals surface area contributed by atoms with Crippen molar-refractivity contribution >= 4 is 27.3 Å². The molecule has 1 aliphatic rings. The number of oxime groups is 1. The molecule has 6 heteroatoms. The van der Waals surface area contributed by atoms with Gasteiger partial charge in [-0.15, -0.1) is 11.3 Å². The maximum Gasteiger partial charge on any atom is 0.260 e. The Kier molecular flexibility index (Phi) is 3.33. The summed E-state index contributed by atoms with van der Waals surface area (Å²) in [6.45, 7) is 6.14. The van der Waals surface area contributed by atoms with E-state index in [4.69, 9.17) is 4.84 Å². The highest BCUT2D eigenvalue weighted by Crippen LogP contribution is 2.30. The first-order chi connectivity index (χ1) is 9.63. The molecule has 2 aromatic rings. The van der Waals surface area contributed by atoms with Crippen molar-refractivity contribution in [2.24, 2.45) is 5.16 Å². The van der Waals surface area contributed by atoms with Crippen molar-refractivity contribution in [2.45, 2.75) is 46.1 Å². The number of hydrogen-bond donors (Lipinski definition) is 1. The van der Waals surface area contributed by atoms with E-state index >= 15 is 0 Å². The minimum Gasteiger partial charge on any atom is -0.384 e. The van der Waals surface area contributed by atoms with Crippen molar-refractivity contribution in [3.8, 4) is 0 Å². The third kappa shape index (κ3) is 2.04. The molecule has 1 aliphatic heterocycles. The summed E-state index contributed by atoms with van der Waals surface area (Å²) in [7, 11) is 0. The molecule has 0 bridgehead atoms. The van der Waals surface area contributed by atoms with E-state index in [1.54, 1.807) is 11.3 Å². The van der Waals surface area contributed by atoms with E-state index in [1.165, 1.54) is 0 Å². The zero-order valence-corrected chi connectivity index (χ0v) is 12.6. The van der Waals surface area contributed by atoms with Gasteiger partial charge in [-0.3, -0.25) is 4.79 Å². The van der Waals surface area contributed by atoms with Crippen LogP contribution < -0.4 is 5.56 Å². The van der Waals surface area contributed by atoms with E-state index in [9.17, 15) is 4.79 Å². The van der Waals surface area contributed by atoms with Crippen molar-refractivity contribution in [1.82, 2.24) is 9.97 Å². The standard InChI is InChI=1S/C14H17N3O2S/c1-4-8-6-10(19-17-8)12-15-13(18)11-9(5-2)7(3)20-14(11)16-12/h10H,4-6H2,1-3H3,(H,15,16,18). The first-order valence-electron chi connectivity index (χ1n) is 6.87. The second-order valence-electron chi connectivity index (χ2n) is 4.93. The van der Waals surface area contributed by atoms with Gasteiger partial charge in [-0.2, -0.15) is 0 Å². The molecule has 0 aromatic carbocycles. The van der Waals surface area contributed by atoms with Crippen molar-refractivity contribution in [2.75, 3.05) is 0 Å². The Hall–Kier alpha value is -1.69. The minimum absolute atomic E-state index is 0.0697. The molecule has 20 heavy (non-hydrogen) atoms. The van der Waals surface area contributed by atoms with Gasteiger partial charge in [-0.1, -0.05) is 19.0 Å². The predicted octanol–water partition coefficient (Wildman–Crippen LogP) is 3.08. The Morgan fingerprint density at radius 3 is 2.85 bits per heavy atom. The molecule has 1 N–H and O–H groups in total. The van der Waals surface area contributed by atoms with Crippen LogP contribution in [0.5, 0.6) is 0 Å². The van der Waals surface area contributed by atoms with Gasteiger partial charge in [0.25, 0.3) is 5.56 Å². The second kappa shape index (κ2) is 5.01. The number of fused-ring (bicyclic) bond motifs is 1. The van der Waals surface area contributed by atoms with Crippen LogP contribution in [0.25, 0.3) is 10.2 Å². The van der Waals surface area contributed by atoms with Gasteiger partial charge in [0.05, 0.1) is 11.1 Å². The number of aryl methyl sites for hydroxylation is 2. The fourth-order valence-electron chi connectivity index (χ4n) is 2.55. The van der Waals surface area contributed by atoms with Gasteiger partial charge in [0, 0.05) is 11.3 Å². The maximum atomic E-state index is 12.3. The van der Waals surface area contributed by atoms with Gasteiger partial charge >= 0.3 is 0 Å². The van der Waals surface area contributed by atoms with Crippen LogP contribution >= 0.6 is 11.3 Å². The van der Waals surface area contributed by atoms with Crippen LogP contribution in [-0.2, 0) is 11.3 Å². The number of aromatic nitrogens is 2. The third-order valence-electron chi connectivity index (χ3n) is 3.68. The number of aromatic amines is 1. The van der Waals surface area contributed by atoms with E-state index in [0.717, 1.165) is 39.2 Å². The lowest BCUT2D eigenvalue weighted by molar-refractivity contribution is 0.0792. The van der Waals surface area contributed by atoms with Crippen molar-refractivity contribution in [3.05, 3.63) is 26.6 Å². The first-order valence-corrected chi connectivity index (χ1v) is 7.69. The summed E-state index contributed by atoms with van der Waals surface area (Å²) in [5, 5.41) is 4.75. The smallest absolute Gasteiger partial charge is 0.260 e. The molecule has 0 saturated heterocycles. The molecule has 0 radical (unpaired) electrons. The lowest BCUT2D eigenvalue weighted by Gasteiger charge is -2.07. The van der Waals surface area contributed by atoms with Crippen LogP contribution in [-0.4, -0.2) is 15.7 Å². The SMILES string of the molecule is CCC1=NOC(c2nc3sc(C)c(CC)c3c(=O)[nH]2)C1. The maximum absolute atomic E-state index is 12.3. The number of nitrogens with one attached hydrogen (secondary N) is 1. The Balaban J connectivity index is 2.06. The van der Waals surface area contributed by atoms with E-state index in [0.29, 0.717) is 12.2 Å². The number of hydrogen-bond acceptors (Lipinski definition) is 5. The number of nitrogens with zero attached hydrogens (tertiary/aromatic N) is 2. The van der Waals surface area contributed by atoms with Gasteiger partial charge in [0.1, 0.15) is 4.83 Å². The number of rotatable bonds is 3. The fraction of sp³-hybridized carbons (Fsp3) is 0.500. The Bertz CT molecular complexity index is 745. The van der Waals surface area contributed by atoms with Crippen LogP contribution in [0.2, 0.25) is 0 Å². The summed E-state index contributed by atoms with van der Waals surface area (Å²) in [4.78, 5) is 27.1. The Labute approximate surface area is 120 Å². The molecular weight excluding hydrogens is 274 g/mol. The molecule has 0 amide bonds. The normalized spacial score (nSPS) is 18.4. The molecule has 0 fully saturated rings. The lowest BCUT2D eigenvalue weighted by Crippen LogP contribution is -2.15. The zero-order valence-electron chi connectivity index (χ0n) is 11.8. The van der Waals surface area contributed by atoms with Gasteiger partial charge < -0.3 is 9.82 Å². The summed E-state index contributed by atoms with van der Waals surface area (Å²) in [6.07, 6.45) is 2.16. The molecule has 5 nitrogen and oxygen atoms in total. The minimum atomic E-state index is -0.255. The van der Waals surface area contributed by atoms with E-state index in [2.05, 4.69) is 22.0 Å². The van der Waals surface area contributed by atoms with Gasteiger partial charge in [0.15, 0.2) is 11.9 Å². The van der Waals surface area contributed by atoms with E-state index in [1.807, 2.05) is 13.8 Å². The van der Waals surface area contributed by atoms with Crippen LogP contribution in [0.1, 0.15) is 49.1 Å². The average molecular weight is 291 g/mol. The highest BCUT2D eigenvalue weighted by molar-refractivity contribution is 7.18. The third-order valence-corrected chi connectivity index (χ3v) is 4.72. The van der Waals surface area contributed by atoms with Crippen molar-refractivity contribution in [3.63, 3.8) is 0 Å². The first kappa shape index (κ1) is 13.3. The summed E-state index contributed by atoms with van der Waals surface area (Å²) in [5.41, 5.74) is 2.04. The van der Waals surface area contributed by atoms with Gasteiger partial charge in [-0.05, 0) is 25.3 Å². The lowest BCUT2D eigenvalue weighted by atomic mass is 10.1. The molecule has 1 atom stereocenters. The largest absolute Gasteiger partial charge is 0.384 e. The molecular formula is C14H17N3O2S. The topological polar surface area (TPSA) is 67.3 Å². The molecule has 1 unspecified atom stereocenters. The average Bonchev–Trinajstić information content (AvgIpc) is 3.01. The Morgan fingerprint density at radius 1 is 1.40 bits per heavy atom. The predicted molar refractivity (Wildman–Crippen MR) is 80.5 cm³/mol. The molecule has 0 aliphatic carbocycles. The molecule has 3 heterocycles. The van der Waals surface area contributed by atoms with E-state index < -0.39 is 0 Å². The summed E-state index contributed by atoms with van der Waals surface area (Å²) in [6, 6.07) is 0. The van der Waals surface area contributed by atoms with E-state index in [-0.39, 0.29) is 11.7 Å². The summed E-state index contributed by atoms with van der Waals surface area (Å²) < 4.78 is 0. The Morgan fingerprint density at radius 2 is 2.20 bits per heavy atom. The summed E-state index contributed by atoms with van der Waals surface area (Å²) in [5.74, 6) is 0.582. The van der Waals surface area contributed by atoms with Crippen LogP contribution in [0.4, 0.5) is 0 Å². The summed E-state index contributed by atoms with van der Waals surface area (Å²) >= 11 is 1.57. The van der Waals surface area contributed by atoms with Gasteiger partial charge in [0.2, 0.25) is 0 Å². The van der Waals surface area contributed by atoms with Crippen molar-refractivity contribution in [1.29, 1.82) is 0 Å². The molecule has 2 aromatic heterocycles. The highest BCUT2D eigenvalue weighted by atomic mass is 32.1. The zero-order chi connectivity index (χ0) is 14.3. The number of thiophene rings is 1. The monoisotopic (exact) mass is 291 g/mol. The van der Waals surface area contributed by atoms with Crippen LogP contribution in [0.3, 0.4) is 0 Å². The molecule has 0 spiro atoms. The molecule has 0 saturated carbocycles. The second-order valence-corrected chi connectivity index (χ2v) is 6.13. The highest BCUT2D eigenvalue weighted by Gasteiger charge is 2.25. The van der Waals surface area contributed by atoms with Gasteiger partial charge in [-0.25, -0.2) is 4.98 Å². The van der Waals surface area contributed by atoms with Crippen LogP contribution in [0, 0.1) is 6.92 Å². The molecule has 106 valence electrons. The van der Waals surface area contributed by atoms with Crippen molar-refractivity contribution < 1.29 is 4.84 Å². The number of H-pyrrole nitrogens is 1. The fourth-order valence-corrected chi connectivity index (χ4v) is 3.67. The van der Waals surface area contributed by atoms with Crippen LogP contribution in [0.15, 0.2) is 9.95 Å².